The van der Waals surface area contributed by atoms with Gasteiger partial charge in [0.05, 0.1) is 0 Å². The van der Waals surface area contributed by atoms with Crippen molar-refractivity contribution in [3.05, 3.63) is 33.5 Å². The molecule has 0 spiro atoms. The quantitative estimate of drug-likeness (QED) is 0.689. The Kier molecular flexibility index (Phi) is 5.93. The number of thiophene rings is 1. The molecule has 0 saturated carbocycles. The highest BCUT2D eigenvalue weighted by Gasteiger charge is 2.13. The van der Waals surface area contributed by atoms with Crippen LogP contribution in [-0.2, 0) is 0 Å². The number of allylic oxidation sites excluding steroid dienone is 1. The molecule has 96 valence electrons. The van der Waals surface area contributed by atoms with Gasteiger partial charge in [-0.05, 0) is 58.2 Å². The molecule has 1 nitrogen and oxygen atoms in total. The third-order valence-electron chi connectivity index (χ3n) is 3.03. The van der Waals surface area contributed by atoms with Crippen LogP contribution in [0.25, 0.3) is 0 Å². The Labute approximate surface area is 110 Å². The van der Waals surface area contributed by atoms with Crippen molar-refractivity contribution in [3.8, 4) is 0 Å². The monoisotopic (exact) mass is 251 g/mol. The summed E-state index contributed by atoms with van der Waals surface area (Å²) >= 11 is 1.93. The van der Waals surface area contributed by atoms with Crippen LogP contribution in [-0.4, -0.2) is 6.54 Å². The molecule has 0 fully saturated rings. The summed E-state index contributed by atoms with van der Waals surface area (Å²) in [6.45, 7) is 13.8. The van der Waals surface area contributed by atoms with Gasteiger partial charge in [-0.15, -0.1) is 17.9 Å². The molecule has 0 aliphatic carbocycles. The maximum Gasteiger partial charge on any atom is 0.0418 e. The second kappa shape index (κ2) is 6.97. The molecule has 0 aliphatic rings. The van der Waals surface area contributed by atoms with Crippen molar-refractivity contribution >= 4 is 11.3 Å². The molecule has 1 atom stereocenters. The van der Waals surface area contributed by atoms with E-state index in [2.05, 4.69) is 45.7 Å². The minimum absolute atomic E-state index is 0.504. The molecule has 1 unspecified atom stereocenters. The Morgan fingerprint density at radius 2 is 2.18 bits per heavy atom. The van der Waals surface area contributed by atoms with Crippen molar-refractivity contribution < 1.29 is 0 Å². The lowest BCUT2D eigenvalue weighted by Crippen LogP contribution is -2.21. The highest BCUT2D eigenvalue weighted by molar-refractivity contribution is 7.12. The third-order valence-corrected chi connectivity index (χ3v) is 4.30. The van der Waals surface area contributed by atoms with E-state index in [0.29, 0.717) is 6.04 Å². The molecule has 1 aromatic rings. The van der Waals surface area contributed by atoms with E-state index in [9.17, 15) is 0 Å². The van der Waals surface area contributed by atoms with Gasteiger partial charge in [-0.2, -0.15) is 0 Å². The first kappa shape index (κ1) is 14.5. The average molecular weight is 251 g/mol. The van der Waals surface area contributed by atoms with Crippen LogP contribution in [0.15, 0.2) is 18.2 Å². The van der Waals surface area contributed by atoms with E-state index in [0.717, 1.165) is 19.4 Å². The molecular formula is C15H25NS. The summed E-state index contributed by atoms with van der Waals surface area (Å²) in [5.74, 6) is 0. The predicted molar refractivity (Wildman–Crippen MR) is 78.9 cm³/mol. The minimum atomic E-state index is 0.504. The standard InChI is InChI=1S/C15H25NS/c1-6-9-16-14(8-7-11(2)3)15-10-12(4)13(5)17-15/h10,14,16H,2,6-9H2,1,3-5H3. The zero-order valence-electron chi connectivity index (χ0n) is 11.6. The van der Waals surface area contributed by atoms with Gasteiger partial charge in [-0.3, -0.25) is 0 Å². The summed E-state index contributed by atoms with van der Waals surface area (Å²) in [7, 11) is 0. The van der Waals surface area contributed by atoms with Gasteiger partial charge in [0.1, 0.15) is 0 Å². The molecule has 0 aromatic carbocycles. The van der Waals surface area contributed by atoms with Gasteiger partial charge in [0.25, 0.3) is 0 Å². The minimum Gasteiger partial charge on any atom is -0.309 e. The largest absolute Gasteiger partial charge is 0.309 e. The number of nitrogens with one attached hydrogen (secondary N) is 1. The van der Waals surface area contributed by atoms with Crippen molar-refractivity contribution in [2.75, 3.05) is 6.54 Å². The summed E-state index contributed by atoms with van der Waals surface area (Å²) in [6.07, 6.45) is 3.46. The smallest absolute Gasteiger partial charge is 0.0418 e. The van der Waals surface area contributed by atoms with Crippen molar-refractivity contribution in [3.63, 3.8) is 0 Å². The third kappa shape index (κ3) is 4.64. The van der Waals surface area contributed by atoms with Crippen LogP contribution in [0.4, 0.5) is 0 Å². The number of hydrogen-bond donors (Lipinski definition) is 1. The summed E-state index contributed by atoms with van der Waals surface area (Å²) in [6, 6.07) is 2.84. The Bertz CT molecular complexity index is 345. The SMILES string of the molecule is C=C(C)CCC(NCCC)c1cc(C)c(C)s1. The van der Waals surface area contributed by atoms with Crippen LogP contribution in [0.5, 0.6) is 0 Å². The van der Waals surface area contributed by atoms with Gasteiger partial charge in [0, 0.05) is 15.8 Å². The van der Waals surface area contributed by atoms with Crippen LogP contribution in [0, 0.1) is 13.8 Å². The highest BCUT2D eigenvalue weighted by Crippen LogP contribution is 2.29. The molecular weight excluding hydrogens is 226 g/mol. The Morgan fingerprint density at radius 1 is 1.47 bits per heavy atom. The van der Waals surface area contributed by atoms with Gasteiger partial charge < -0.3 is 5.32 Å². The zero-order chi connectivity index (χ0) is 12.8. The maximum absolute atomic E-state index is 4.00. The molecule has 1 aromatic heterocycles. The van der Waals surface area contributed by atoms with E-state index in [1.54, 1.807) is 0 Å². The molecule has 1 heterocycles. The van der Waals surface area contributed by atoms with E-state index in [1.165, 1.54) is 27.3 Å². The maximum atomic E-state index is 4.00. The van der Waals surface area contributed by atoms with E-state index in [4.69, 9.17) is 0 Å². The molecule has 1 N–H and O–H groups in total. The van der Waals surface area contributed by atoms with Crippen LogP contribution < -0.4 is 5.32 Å². The summed E-state index contributed by atoms with van der Waals surface area (Å²) in [5.41, 5.74) is 2.70. The zero-order valence-corrected chi connectivity index (χ0v) is 12.4. The van der Waals surface area contributed by atoms with Crippen LogP contribution in [0.3, 0.4) is 0 Å². The molecule has 0 saturated heterocycles. The van der Waals surface area contributed by atoms with Crippen LogP contribution in [0.1, 0.15) is 54.5 Å². The van der Waals surface area contributed by atoms with E-state index < -0.39 is 0 Å². The molecule has 17 heavy (non-hydrogen) atoms. The summed E-state index contributed by atoms with van der Waals surface area (Å²) < 4.78 is 0. The summed E-state index contributed by atoms with van der Waals surface area (Å²) in [4.78, 5) is 2.92. The number of aryl methyl sites for hydroxylation is 2. The second-order valence-electron chi connectivity index (χ2n) is 4.89. The fraction of sp³-hybridized carbons (Fsp3) is 0.600. The number of rotatable bonds is 7. The van der Waals surface area contributed by atoms with E-state index >= 15 is 0 Å². The van der Waals surface area contributed by atoms with Crippen molar-refractivity contribution in [2.45, 2.75) is 53.0 Å². The van der Waals surface area contributed by atoms with Crippen molar-refractivity contribution in [2.24, 2.45) is 0 Å². The molecule has 0 bridgehead atoms. The number of hydrogen-bond acceptors (Lipinski definition) is 2. The molecule has 0 radical (unpaired) electrons. The lowest BCUT2D eigenvalue weighted by atomic mass is 10.1. The Morgan fingerprint density at radius 3 is 2.65 bits per heavy atom. The van der Waals surface area contributed by atoms with E-state index in [-0.39, 0.29) is 0 Å². The fourth-order valence-electron chi connectivity index (χ4n) is 1.83. The Hall–Kier alpha value is -0.600. The summed E-state index contributed by atoms with van der Waals surface area (Å²) in [5, 5.41) is 3.65. The fourth-order valence-corrected chi connectivity index (χ4v) is 2.98. The topological polar surface area (TPSA) is 12.0 Å². The average Bonchev–Trinajstić information content (AvgIpc) is 2.59. The van der Waals surface area contributed by atoms with Crippen molar-refractivity contribution in [1.29, 1.82) is 0 Å². The van der Waals surface area contributed by atoms with E-state index in [1.807, 2.05) is 11.3 Å². The van der Waals surface area contributed by atoms with Gasteiger partial charge in [-0.1, -0.05) is 12.5 Å². The van der Waals surface area contributed by atoms with Crippen LogP contribution in [0.2, 0.25) is 0 Å². The molecule has 0 aliphatic heterocycles. The van der Waals surface area contributed by atoms with Gasteiger partial charge >= 0.3 is 0 Å². The predicted octanol–water partition coefficient (Wildman–Crippen LogP) is 4.76. The first-order valence-electron chi connectivity index (χ1n) is 6.49. The lowest BCUT2D eigenvalue weighted by Gasteiger charge is -2.17. The van der Waals surface area contributed by atoms with Crippen molar-refractivity contribution in [1.82, 2.24) is 5.32 Å². The lowest BCUT2D eigenvalue weighted by molar-refractivity contribution is 0.505. The molecule has 2 heteroatoms. The van der Waals surface area contributed by atoms with Gasteiger partial charge in [0.15, 0.2) is 0 Å². The first-order valence-corrected chi connectivity index (χ1v) is 7.31. The van der Waals surface area contributed by atoms with Gasteiger partial charge in [0.2, 0.25) is 0 Å². The molecule has 1 rings (SSSR count). The van der Waals surface area contributed by atoms with Crippen LogP contribution >= 0.6 is 11.3 Å². The first-order chi connectivity index (χ1) is 8.04. The second-order valence-corrected chi connectivity index (χ2v) is 6.18. The Balaban J connectivity index is 2.70. The van der Waals surface area contributed by atoms with Gasteiger partial charge in [-0.25, -0.2) is 0 Å². The molecule has 0 amide bonds. The normalized spacial score (nSPS) is 12.7. The highest BCUT2D eigenvalue weighted by atomic mass is 32.1.